The van der Waals surface area contributed by atoms with Crippen molar-refractivity contribution in [3.8, 4) is 5.75 Å². The van der Waals surface area contributed by atoms with Crippen LogP contribution in [0.25, 0.3) is 0 Å². The molecule has 3 heteroatoms. The van der Waals surface area contributed by atoms with E-state index >= 15 is 0 Å². The number of nitrogens with two attached hydrogens (primary N) is 1. The van der Waals surface area contributed by atoms with E-state index in [0.29, 0.717) is 29.3 Å². The Bertz CT molecular complexity index is 690. The molecule has 0 atom stereocenters. The van der Waals surface area contributed by atoms with E-state index in [4.69, 9.17) is 10.5 Å². The number of carbonyl (C=O) groups excluding carboxylic acids is 1. The summed E-state index contributed by atoms with van der Waals surface area (Å²) in [6.07, 6.45) is 0. The van der Waals surface area contributed by atoms with E-state index in [0.717, 1.165) is 11.3 Å². The molecule has 0 saturated heterocycles. The summed E-state index contributed by atoms with van der Waals surface area (Å²) in [7, 11) is 0. The number of benzene rings is 2. The third-order valence-corrected chi connectivity index (χ3v) is 3.67. The van der Waals surface area contributed by atoms with Crippen LogP contribution in [-0.2, 0) is 0 Å². The molecule has 0 aliphatic carbocycles. The van der Waals surface area contributed by atoms with Gasteiger partial charge in [-0.2, -0.15) is 0 Å². The Morgan fingerprint density at radius 1 is 1.09 bits per heavy atom. The van der Waals surface area contributed by atoms with Crippen molar-refractivity contribution in [2.75, 3.05) is 12.3 Å². The van der Waals surface area contributed by atoms with Crippen molar-refractivity contribution in [3.63, 3.8) is 0 Å². The van der Waals surface area contributed by atoms with E-state index in [1.165, 1.54) is 0 Å². The number of hydrogen-bond acceptors (Lipinski definition) is 3. The standard InChI is InChI=1S/C20H25NO2/c1-13(2)12-23-19-10-9-15(11-17(19)14(3)4)20(22)16-7-5-6-8-18(16)21/h5-11,13-14H,12,21H2,1-4H3. The lowest BCUT2D eigenvalue weighted by Gasteiger charge is -2.17. The van der Waals surface area contributed by atoms with E-state index in [1.807, 2.05) is 30.3 Å². The fraction of sp³-hybridized carbons (Fsp3) is 0.350. The number of ketones is 1. The van der Waals surface area contributed by atoms with Gasteiger partial charge in [0.2, 0.25) is 0 Å². The van der Waals surface area contributed by atoms with Crippen LogP contribution in [0.1, 0.15) is 55.1 Å². The van der Waals surface area contributed by atoms with Crippen molar-refractivity contribution in [1.82, 2.24) is 0 Å². The van der Waals surface area contributed by atoms with Crippen molar-refractivity contribution in [1.29, 1.82) is 0 Å². The third kappa shape index (κ3) is 4.13. The minimum Gasteiger partial charge on any atom is -0.493 e. The maximum absolute atomic E-state index is 12.7. The molecule has 2 aromatic carbocycles. The molecule has 0 fully saturated rings. The second-order valence-electron chi connectivity index (χ2n) is 6.53. The maximum Gasteiger partial charge on any atom is 0.195 e. The first-order valence-electron chi connectivity index (χ1n) is 8.06. The molecular formula is C20H25NO2. The summed E-state index contributed by atoms with van der Waals surface area (Å²) in [6.45, 7) is 9.10. The number of anilines is 1. The summed E-state index contributed by atoms with van der Waals surface area (Å²) in [5.41, 5.74) is 8.65. The summed E-state index contributed by atoms with van der Waals surface area (Å²) in [5.74, 6) is 1.53. The number of carbonyl (C=O) groups is 1. The Labute approximate surface area is 138 Å². The minimum absolute atomic E-state index is 0.0552. The molecule has 0 aliphatic rings. The number of hydrogen-bond donors (Lipinski definition) is 1. The van der Waals surface area contributed by atoms with Gasteiger partial charge in [-0.15, -0.1) is 0 Å². The van der Waals surface area contributed by atoms with Gasteiger partial charge >= 0.3 is 0 Å². The van der Waals surface area contributed by atoms with Gasteiger partial charge in [-0.05, 0) is 47.7 Å². The van der Waals surface area contributed by atoms with E-state index in [2.05, 4.69) is 27.7 Å². The van der Waals surface area contributed by atoms with Crippen molar-refractivity contribution in [2.45, 2.75) is 33.6 Å². The topological polar surface area (TPSA) is 52.3 Å². The molecule has 0 bridgehead atoms. The second kappa shape index (κ2) is 7.32. The zero-order chi connectivity index (χ0) is 17.0. The van der Waals surface area contributed by atoms with Crippen LogP contribution in [0.15, 0.2) is 42.5 Å². The number of rotatable bonds is 6. The normalized spacial score (nSPS) is 11.0. The second-order valence-corrected chi connectivity index (χ2v) is 6.53. The summed E-state index contributed by atoms with van der Waals surface area (Å²) >= 11 is 0. The zero-order valence-corrected chi connectivity index (χ0v) is 14.3. The van der Waals surface area contributed by atoms with Crippen molar-refractivity contribution in [2.24, 2.45) is 5.92 Å². The fourth-order valence-corrected chi connectivity index (χ4v) is 2.39. The lowest BCUT2D eigenvalue weighted by atomic mass is 9.95. The molecule has 23 heavy (non-hydrogen) atoms. The molecule has 0 heterocycles. The minimum atomic E-state index is -0.0552. The molecule has 2 aromatic rings. The van der Waals surface area contributed by atoms with Crippen LogP contribution in [0.5, 0.6) is 5.75 Å². The molecule has 0 aromatic heterocycles. The van der Waals surface area contributed by atoms with Gasteiger partial charge in [0.25, 0.3) is 0 Å². The van der Waals surface area contributed by atoms with Crippen LogP contribution < -0.4 is 10.5 Å². The van der Waals surface area contributed by atoms with Crippen LogP contribution in [0.3, 0.4) is 0 Å². The van der Waals surface area contributed by atoms with E-state index in [1.54, 1.807) is 12.1 Å². The molecule has 0 saturated carbocycles. The molecule has 2 N–H and O–H groups in total. The van der Waals surface area contributed by atoms with Crippen LogP contribution in [-0.4, -0.2) is 12.4 Å². The van der Waals surface area contributed by atoms with Crippen LogP contribution in [0.2, 0.25) is 0 Å². The molecule has 0 unspecified atom stereocenters. The van der Waals surface area contributed by atoms with Gasteiger partial charge in [0.05, 0.1) is 6.61 Å². The van der Waals surface area contributed by atoms with Gasteiger partial charge in [-0.1, -0.05) is 39.8 Å². The zero-order valence-electron chi connectivity index (χ0n) is 14.3. The van der Waals surface area contributed by atoms with Gasteiger partial charge in [0.15, 0.2) is 5.78 Å². The lowest BCUT2D eigenvalue weighted by molar-refractivity contribution is 0.103. The average Bonchev–Trinajstić information content (AvgIpc) is 2.52. The Kier molecular flexibility index (Phi) is 5.43. The SMILES string of the molecule is CC(C)COc1ccc(C(=O)c2ccccc2N)cc1C(C)C. The average molecular weight is 311 g/mol. The highest BCUT2D eigenvalue weighted by Gasteiger charge is 2.16. The highest BCUT2D eigenvalue weighted by Crippen LogP contribution is 2.29. The summed E-state index contributed by atoms with van der Waals surface area (Å²) in [5, 5.41) is 0. The van der Waals surface area contributed by atoms with Crippen molar-refractivity contribution in [3.05, 3.63) is 59.2 Å². The predicted octanol–water partition coefficient (Wildman–Crippen LogP) is 4.66. The molecule has 0 aliphatic heterocycles. The predicted molar refractivity (Wildman–Crippen MR) is 95.2 cm³/mol. The Hall–Kier alpha value is -2.29. The van der Waals surface area contributed by atoms with Gasteiger partial charge in [0.1, 0.15) is 5.75 Å². The van der Waals surface area contributed by atoms with Crippen LogP contribution >= 0.6 is 0 Å². The van der Waals surface area contributed by atoms with Gasteiger partial charge in [-0.3, -0.25) is 4.79 Å². The highest BCUT2D eigenvalue weighted by molar-refractivity contribution is 6.12. The molecule has 0 radical (unpaired) electrons. The summed E-state index contributed by atoms with van der Waals surface area (Å²) < 4.78 is 5.89. The molecule has 3 nitrogen and oxygen atoms in total. The van der Waals surface area contributed by atoms with Crippen molar-refractivity contribution < 1.29 is 9.53 Å². The molecule has 0 spiro atoms. The van der Waals surface area contributed by atoms with E-state index < -0.39 is 0 Å². The molecular weight excluding hydrogens is 286 g/mol. The summed E-state index contributed by atoms with van der Waals surface area (Å²) in [4.78, 5) is 12.7. The van der Waals surface area contributed by atoms with Gasteiger partial charge in [0, 0.05) is 16.8 Å². The van der Waals surface area contributed by atoms with Crippen LogP contribution in [0.4, 0.5) is 5.69 Å². The van der Waals surface area contributed by atoms with Crippen molar-refractivity contribution >= 4 is 11.5 Å². The third-order valence-electron chi connectivity index (χ3n) is 3.67. The van der Waals surface area contributed by atoms with Crippen LogP contribution in [0, 0.1) is 5.92 Å². The highest BCUT2D eigenvalue weighted by atomic mass is 16.5. The first-order valence-corrected chi connectivity index (χ1v) is 8.06. The Balaban J connectivity index is 2.36. The van der Waals surface area contributed by atoms with E-state index in [-0.39, 0.29) is 11.7 Å². The summed E-state index contributed by atoms with van der Waals surface area (Å²) in [6, 6.07) is 12.8. The quantitative estimate of drug-likeness (QED) is 0.623. The van der Waals surface area contributed by atoms with Gasteiger partial charge < -0.3 is 10.5 Å². The van der Waals surface area contributed by atoms with Gasteiger partial charge in [-0.25, -0.2) is 0 Å². The monoisotopic (exact) mass is 311 g/mol. The number of ether oxygens (including phenoxy) is 1. The molecule has 2 rings (SSSR count). The Morgan fingerprint density at radius 3 is 2.39 bits per heavy atom. The first kappa shape index (κ1) is 17.1. The molecule has 122 valence electrons. The largest absolute Gasteiger partial charge is 0.493 e. The molecule has 0 amide bonds. The number of para-hydroxylation sites is 1. The first-order chi connectivity index (χ1) is 10.9. The lowest BCUT2D eigenvalue weighted by Crippen LogP contribution is -2.09. The Morgan fingerprint density at radius 2 is 1.78 bits per heavy atom. The smallest absolute Gasteiger partial charge is 0.195 e. The van der Waals surface area contributed by atoms with E-state index in [9.17, 15) is 4.79 Å². The number of nitrogen functional groups attached to an aromatic ring is 1. The maximum atomic E-state index is 12.7. The fourth-order valence-electron chi connectivity index (χ4n) is 2.39.